The lowest BCUT2D eigenvalue weighted by Crippen LogP contribution is -2.04. The predicted octanol–water partition coefficient (Wildman–Crippen LogP) is 2.29. The average molecular weight is 259 g/mol. The number of carbonyl (C=O) groups excluding carboxylic acids is 1. The van der Waals surface area contributed by atoms with Crippen molar-refractivity contribution in [1.82, 2.24) is 0 Å². The van der Waals surface area contributed by atoms with Crippen molar-refractivity contribution in [2.75, 3.05) is 20.3 Å². The zero-order valence-corrected chi connectivity index (χ0v) is 9.41. The van der Waals surface area contributed by atoms with Crippen LogP contribution < -0.4 is 4.74 Å². The Bertz CT molecular complexity index is 312. The van der Waals surface area contributed by atoms with Crippen molar-refractivity contribution in [1.29, 1.82) is 0 Å². The Balaban J connectivity index is 2.68. The number of halogens is 1. The minimum absolute atomic E-state index is 0.470. The quantitative estimate of drug-likeness (QED) is 0.601. The van der Waals surface area contributed by atoms with E-state index in [2.05, 4.69) is 15.9 Å². The lowest BCUT2D eigenvalue weighted by atomic mass is 10.2. The van der Waals surface area contributed by atoms with E-state index in [-0.39, 0.29) is 0 Å². The van der Waals surface area contributed by atoms with Crippen molar-refractivity contribution in [2.24, 2.45) is 0 Å². The van der Waals surface area contributed by atoms with Gasteiger partial charge in [-0.05, 0) is 28.1 Å². The molecule has 0 aromatic heterocycles. The van der Waals surface area contributed by atoms with Crippen LogP contribution in [0.3, 0.4) is 0 Å². The van der Waals surface area contributed by atoms with Gasteiger partial charge in [-0.1, -0.05) is 6.07 Å². The summed E-state index contributed by atoms with van der Waals surface area (Å²) in [7, 11) is 1.61. The number of methoxy groups -OCH3 is 1. The van der Waals surface area contributed by atoms with E-state index in [0.717, 1.165) is 10.8 Å². The van der Waals surface area contributed by atoms with E-state index in [1.807, 2.05) is 0 Å². The molecule has 0 unspecified atom stereocenters. The highest BCUT2D eigenvalue weighted by Gasteiger charge is 2.01. The highest BCUT2D eigenvalue weighted by molar-refractivity contribution is 9.10. The third-order valence-electron chi connectivity index (χ3n) is 1.64. The van der Waals surface area contributed by atoms with Crippen LogP contribution in [0.15, 0.2) is 22.7 Å². The monoisotopic (exact) mass is 258 g/mol. The first-order valence-corrected chi connectivity index (χ1v) is 4.93. The van der Waals surface area contributed by atoms with Gasteiger partial charge >= 0.3 is 0 Å². The van der Waals surface area contributed by atoms with Gasteiger partial charge in [0.2, 0.25) is 0 Å². The summed E-state index contributed by atoms with van der Waals surface area (Å²) in [5, 5.41) is 0. The van der Waals surface area contributed by atoms with E-state index in [1.54, 1.807) is 25.3 Å². The number of carbonyl (C=O) groups is 1. The van der Waals surface area contributed by atoms with Crippen LogP contribution in [-0.2, 0) is 4.74 Å². The van der Waals surface area contributed by atoms with Crippen molar-refractivity contribution >= 4 is 22.2 Å². The molecular weight excluding hydrogens is 248 g/mol. The molecule has 0 bridgehead atoms. The zero-order valence-electron chi connectivity index (χ0n) is 7.83. The number of rotatable bonds is 5. The molecule has 3 nitrogen and oxygen atoms in total. The molecular formula is C10H11BrO3. The first kappa shape index (κ1) is 11.2. The van der Waals surface area contributed by atoms with E-state index in [9.17, 15) is 4.79 Å². The Morgan fingerprint density at radius 2 is 2.21 bits per heavy atom. The summed E-state index contributed by atoms with van der Waals surface area (Å²) >= 11 is 3.33. The van der Waals surface area contributed by atoms with Gasteiger partial charge in [-0.25, -0.2) is 0 Å². The standard InChI is InChI=1S/C10H11BrO3/c1-13-4-5-14-10-6-8(7-12)2-3-9(10)11/h2-3,6-7H,4-5H2,1H3. The number of hydrogen-bond donors (Lipinski definition) is 0. The molecule has 0 aliphatic carbocycles. The van der Waals surface area contributed by atoms with Gasteiger partial charge in [0, 0.05) is 12.7 Å². The first-order valence-electron chi connectivity index (χ1n) is 4.14. The normalized spacial score (nSPS) is 9.86. The van der Waals surface area contributed by atoms with Gasteiger partial charge in [-0.15, -0.1) is 0 Å². The van der Waals surface area contributed by atoms with Crippen LogP contribution in [0.25, 0.3) is 0 Å². The fourth-order valence-electron chi connectivity index (χ4n) is 0.939. The Morgan fingerprint density at radius 1 is 1.43 bits per heavy atom. The molecule has 0 fully saturated rings. The second-order valence-electron chi connectivity index (χ2n) is 2.65. The van der Waals surface area contributed by atoms with Gasteiger partial charge in [0.1, 0.15) is 18.6 Å². The second-order valence-corrected chi connectivity index (χ2v) is 3.50. The lowest BCUT2D eigenvalue weighted by molar-refractivity contribution is 0.112. The highest BCUT2D eigenvalue weighted by Crippen LogP contribution is 2.25. The van der Waals surface area contributed by atoms with Crippen LogP contribution >= 0.6 is 15.9 Å². The minimum Gasteiger partial charge on any atom is -0.490 e. The molecule has 0 aliphatic rings. The predicted molar refractivity (Wildman–Crippen MR) is 56.9 cm³/mol. The maximum absolute atomic E-state index is 10.5. The van der Waals surface area contributed by atoms with Crippen molar-refractivity contribution in [2.45, 2.75) is 0 Å². The molecule has 0 saturated heterocycles. The third kappa shape index (κ3) is 3.12. The molecule has 0 radical (unpaired) electrons. The maximum Gasteiger partial charge on any atom is 0.150 e. The van der Waals surface area contributed by atoms with Gasteiger partial charge < -0.3 is 9.47 Å². The minimum atomic E-state index is 0.470. The van der Waals surface area contributed by atoms with E-state index in [4.69, 9.17) is 9.47 Å². The highest BCUT2D eigenvalue weighted by atomic mass is 79.9. The molecule has 0 aliphatic heterocycles. The molecule has 76 valence electrons. The van der Waals surface area contributed by atoms with E-state index in [0.29, 0.717) is 24.5 Å². The van der Waals surface area contributed by atoms with Gasteiger partial charge in [-0.3, -0.25) is 4.79 Å². The van der Waals surface area contributed by atoms with Gasteiger partial charge in [0.25, 0.3) is 0 Å². The van der Waals surface area contributed by atoms with Crippen molar-refractivity contribution in [3.63, 3.8) is 0 Å². The van der Waals surface area contributed by atoms with E-state index >= 15 is 0 Å². The van der Waals surface area contributed by atoms with Crippen LogP contribution in [0.1, 0.15) is 10.4 Å². The molecule has 0 saturated carbocycles. The number of hydrogen-bond acceptors (Lipinski definition) is 3. The molecule has 0 amide bonds. The van der Waals surface area contributed by atoms with Crippen LogP contribution in [0.5, 0.6) is 5.75 Å². The Morgan fingerprint density at radius 3 is 2.86 bits per heavy atom. The second kappa shape index (κ2) is 5.78. The molecule has 1 rings (SSSR count). The van der Waals surface area contributed by atoms with Crippen LogP contribution in [-0.4, -0.2) is 26.6 Å². The summed E-state index contributed by atoms with van der Waals surface area (Å²) in [6, 6.07) is 5.19. The molecule has 1 aromatic rings. The topological polar surface area (TPSA) is 35.5 Å². The fraction of sp³-hybridized carbons (Fsp3) is 0.300. The van der Waals surface area contributed by atoms with Gasteiger partial charge in [0.05, 0.1) is 11.1 Å². The van der Waals surface area contributed by atoms with Crippen LogP contribution in [0, 0.1) is 0 Å². The number of ether oxygens (including phenoxy) is 2. The van der Waals surface area contributed by atoms with Crippen molar-refractivity contribution in [3.05, 3.63) is 28.2 Å². The molecule has 0 heterocycles. The van der Waals surface area contributed by atoms with Gasteiger partial charge in [-0.2, -0.15) is 0 Å². The smallest absolute Gasteiger partial charge is 0.150 e. The lowest BCUT2D eigenvalue weighted by Gasteiger charge is -2.07. The fourth-order valence-corrected chi connectivity index (χ4v) is 1.30. The van der Waals surface area contributed by atoms with Gasteiger partial charge in [0.15, 0.2) is 0 Å². The maximum atomic E-state index is 10.5. The summed E-state index contributed by atoms with van der Waals surface area (Å²) in [5.74, 6) is 0.659. The molecule has 0 atom stereocenters. The SMILES string of the molecule is COCCOc1cc(C=O)ccc1Br. The zero-order chi connectivity index (χ0) is 10.4. The average Bonchev–Trinajstić information content (AvgIpc) is 2.21. The Kier molecular flexibility index (Phi) is 4.62. The number of aldehydes is 1. The molecule has 0 N–H and O–H groups in total. The third-order valence-corrected chi connectivity index (χ3v) is 2.29. The van der Waals surface area contributed by atoms with E-state index < -0.39 is 0 Å². The van der Waals surface area contributed by atoms with Crippen LogP contribution in [0.4, 0.5) is 0 Å². The van der Waals surface area contributed by atoms with E-state index in [1.165, 1.54) is 0 Å². The summed E-state index contributed by atoms with van der Waals surface area (Å²) in [5.41, 5.74) is 0.598. The molecule has 1 aromatic carbocycles. The largest absolute Gasteiger partial charge is 0.490 e. The number of benzene rings is 1. The molecule has 4 heteroatoms. The Labute approximate surface area is 91.1 Å². The van der Waals surface area contributed by atoms with Crippen molar-refractivity contribution in [3.8, 4) is 5.75 Å². The van der Waals surface area contributed by atoms with Crippen LogP contribution in [0.2, 0.25) is 0 Å². The van der Waals surface area contributed by atoms with Crippen molar-refractivity contribution < 1.29 is 14.3 Å². The summed E-state index contributed by atoms with van der Waals surface area (Å²) < 4.78 is 11.1. The summed E-state index contributed by atoms with van der Waals surface area (Å²) in [6.07, 6.45) is 0.787. The Hall–Kier alpha value is -0.870. The summed E-state index contributed by atoms with van der Waals surface area (Å²) in [6.45, 7) is 0.995. The first-order chi connectivity index (χ1) is 6.77. The molecule has 0 spiro atoms. The summed E-state index contributed by atoms with van der Waals surface area (Å²) in [4.78, 5) is 10.5. The molecule has 14 heavy (non-hydrogen) atoms.